The van der Waals surface area contributed by atoms with Crippen molar-refractivity contribution in [1.29, 1.82) is 0 Å². The smallest absolute Gasteiger partial charge is 0.308 e. The number of aromatic nitrogens is 1. The van der Waals surface area contributed by atoms with E-state index < -0.39 is 18.2 Å². The summed E-state index contributed by atoms with van der Waals surface area (Å²) < 4.78 is 4.71. The quantitative estimate of drug-likeness (QED) is 0.741. The fourth-order valence-electron chi connectivity index (χ4n) is 1.53. The lowest BCUT2D eigenvalue weighted by atomic mass is 10.00. The van der Waals surface area contributed by atoms with Crippen molar-refractivity contribution < 1.29 is 19.7 Å². The van der Waals surface area contributed by atoms with E-state index in [4.69, 9.17) is 4.74 Å². The highest BCUT2D eigenvalue weighted by Gasteiger charge is 2.23. The van der Waals surface area contributed by atoms with Crippen LogP contribution in [0.4, 0.5) is 0 Å². The van der Waals surface area contributed by atoms with Gasteiger partial charge in [0.05, 0.1) is 19.1 Å². The number of hydrogen-bond donors (Lipinski definition) is 2. The van der Waals surface area contributed by atoms with Crippen LogP contribution in [0.25, 0.3) is 0 Å². The molecule has 94 valence electrons. The van der Waals surface area contributed by atoms with Crippen molar-refractivity contribution in [3.05, 3.63) is 29.6 Å². The number of aliphatic hydroxyl groups excluding tert-OH is 2. The number of pyridine rings is 1. The van der Waals surface area contributed by atoms with Crippen LogP contribution in [-0.4, -0.2) is 33.9 Å². The standard InChI is InChI=1S/C12H17NO4/c1-3-17-11(15)6-10(14)12(16)9-4-5-13-7-8(9)2/h4-5,7,10,12,14,16H,3,6H2,1-2H3. The second-order valence-corrected chi connectivity index (χ2v) is 3.75. The van der Waals surface area contributed by atoms with Crippen LogP contribution < -0.4 is 0 Å². The Morgan fingerprint density at radius 1 is 1.53 bits per heavy atom. The van der Waals surface area contributed by atoms with E-state index >= 15 is 0 Å². The molecule has 0 aliphatic rings. The second-order valence-electron chi connectivity index (χ2n) is 3.75. The molecule has 1 aromatic rings. The molecular formula is C12H17NO4. The Morgan fingerprint density at radius 2 is 2.24 bits per heavy atom. The maximum absolute atomic E-state index is 11.2. The van der Waals surface area contributed by atoms with Gasteiger partial charge in [-0.05, 0) is 31.0 Å². The largest absolute Gasteiger partial charge is 0.466 e. The van der Waals surface area contributed by atoms with Crippen LogP contribution in [0.1, 0.15) is 30.6 Å². The van der Waals surface area contributed by atoms with Crippen molar-refractivity contribution >= 4 is 5.97 Å². The molecule has 0 spiro atoms. The first-order valence-electron chi connectivity index (χ1n) is 5.48. The number of aliphatic hydroxyl groups is 2. The maximum Gasteiger partial charge on any atom is 0.308 e. The number of rotatable bonds is 5. The Kier molecular flexibility index (Phi) is 5.06. The molecule has 0 saturated carbocycles. The van der Waals surface area contributed by atoms with Gasteiger partial charge in [0.25, 0.3) is 0 Å². The third-order valence-corrected chi connectivity index (χ3v) is 2.43. The molecule has 0 radical (unpaired) electrons. The average Bonchev–Trinajstić information content (AvgIpc) is 2.29. The normalized spacial score (nSPS) is 14.1. The minimum Gasteiger partial charge on any atom is -0.466 e. The van der Waals surface area contributed by atoms with Gasteiger partial charge in [-0.2, -0.15) is 0 Å². The van der Waals surface area contributed by atoms with Gasteiger partial charge < -0.3 is 14.9 Å². The van der Waals surface area contributed by atoms with E-state index in [1.807, 2.05) is 0 Å². The first kappa shape index (κ1) is 13.6. The van der Waals surface area contributed by atoms with Gasteiger partial charge >= 0.3 is 5.97 Å². The highest BCUT2D eigenvalue weighted by Crippen LogP contribution is 2.21. The van der Waals surface area contributed by atoms with Gasteiger partial charge in [-0.3, -0.25) is 9.78 Å². The molecule has 5 heteroatoms. The molecule has 1 heterocycles. The van der Waals surface area contributed by atoms with E-state index in [2.05, 4.69) is 4.98 Å². The number of ether oxygens (including phenoxy) is 1. The van der Waals surface area contributed by atoms with Crippen LogP contribution in [0, 0.1) is 6.92 Å². The SMILES string of the molecule is CCOC(=O)CC(O)C(O)c1ccncc1C. The Hall–Kier alpha value is -1.46. The maximum atomic E-state index is 11.2. The van der Waals surface area contributed by atoms with Crippen LogP contribution in [0.2, 0.25) is 0 Å². The Labute approximate surface area is 100 Å². The zero-order chi connectivity index (χ0) is 12.8. The summed E-state index contributed by atoms with van der Waals surface area (Å²) in [6.07, 6.45) is 0.618. The molecule has 0 aliphatic heterocycles. The summed E-state index contributed by atoms with van der Waals surface area (Å²) in [4.78, 5) is 15.1. The summed E-state index contributed by atoms with van der Waals surface area (Å²) in [5, 5.41) is 19.6. The Balaban J connectivity index is 2.67. The summed E-state index contributed by atoms with van der Waals surface area (Å²) in [5.41, 5.74) is 1.33. The van der Waals surface area contributed by atoms with E-state index in [9.17, 15) is 15.0 Å². The molecule has 2 atom stereocenters. The van der Waals surface area contributed by atoms with Crippen molar-refractivity contribution in [2.24, 2.45) is 0 Å². The van der Waals surface area contributed by atoms with Gasteiger partial charge in [-0.15, -0.1) is 0 Å². The van der Waals surface area contributed by atoms with Gasteiger partial charge in [0.1, 0.15) is 6.10 Å². The molecule has 1 rings (SSSR count). The summed E-state index contributed by atoms with van der Waals surface area (Å²) in [6.45, 7) is 3.73. The molecule has 0 bridgehead atoms. The first-order valence-corrected chi connectivity index (χ1v) is 5.48. The van der Waals surface area contributed by atoms with E-state index in [1.165, 1.54) is 6.20 Å². The molecule has 2 N–H and O–H groups in total. The predicted octanol–water partition coefficient (Wildman–Crippen LogP) is 0.738. The number of nitrogens with zero attached hydrogens (tertiary/aromatic N) is 1. The van der Waals surface area contributed by atoms with E-state index in [-0.39, 0.29) is 13.0 Å². The van der Waals surface area contributed by atoms with Crippen LogP contribution in [0.5, 0.6) is 0 Å². The summed E-state index contributed by atoms with van der Waals surface area (Å²) >= 11 is 0. The summed E-state index contributed by atoms with van der Waals surface area (Å²) in [5.74, 6) is -0.522. The molecule has 1 aromatic heterocycles. The van der Waals surface area contributed by atoms with Crippen molar-refractivity contribution in [2.45, 2.75) is 32.5 Å². The predicted molar refractivity (Wildman–Crippen MR) is 61.2 cm³/mol. The number of esters is 1. The molecule has 0 amide bonds. The summed E-state index contributed by atoms with van der Waals surface area (Å²) in [6, 6.07) is 1.62. The molecule has 0 fully saturated rings. The fraction of sp³-hybridized carbons (Fsp3) is 0.500. The lowest BCUT2D eigenvalue weighted by molar-refractivity contribution is -0.147. The highest BCUT2D eigenvalue weighted by atomic mass is 16.5. The van der Waals surface area contributed by atoms with Crippen molar-refractivity contribution in [3.63, 3.8) is 0 Å². The third kappa shape index (κ3) is 3.80. The zero-order valence-electron chi connectivity index (χ0n) is 9.96. The minimum absolute atomic E-state index is 0.225. The summed E-state index contributed by atoms with van der Waals surface area (Å²) in [7, 11) is 0. The first-order chi connectivity index (χ1) is 8.06. The number of hydrogen-bond acceptors (Lipinski definition) is 5. The zero-order valence-corrected chi connectivity index (χ0v) is 9.96. The topological polar surface area (TPSA) is 79.7 Å². The molecule has 0 aliphatic carbocycles. The molecule has 2 unspecified atom stereocenters. The Bertz CT molecular complexity index is 381. The lowest BCUT2D eigenvalue weighted by Gasteiger charge is -2.18. The highest BCUT2D eigenvalue weighted by molar-refractivity contribution is 5.70. The number of carbonyl (C=O) groups excluding carboxylic acids is 1. The van der Waals surface area contributed by atoms with E-state index in [1.54, 1.807) is 26.1 Å². The molecule has 17 heavy (non-hydrogen) atoms. The van der Waals surface area contributed by atoms with Crippen molar-refractivity contribution in [3.8, 4) is 0 Å². The molecule has 0 aromatic carbocycles. The molecular weight excluding hydrogens is 222 g/mol. The fourth-order valence-corrected chi connectivity index (χ4v) is 1.53. The third-order valence-electron chi connectivity index (χ3n) is 2.43. The second kappa shape index (κ2) is 6.32. The monoisotopic (exact) mass is 239 g/mol. The van der Waals surface area contributed by atoms with Gasteiger partial charge in [0, 0.05) is 12.4 Å². The van der Waals surface area contributed by atoms with Crippen LogP contribution in [0.15, 0.2) is 18.5 Å². The molecule has 0 saturated heterocycles. The van der Waals surface area contributed by atoms with Gasteiger partial charge in [0.2, 0.25) is 0 Å². The van der Waals surface area contributed by atoms with Gasteiger partial charge in [-0.25, -0.2) is 0 Å². The van der Waals surface area contributed by atoms with Crippen molar-refractivity contribution in [2.75, 3.05) is 6.61 Å². The van der Waals surface area contributed by atoms with Crippen LogP contribution in [0.3, 0.4) is 0 Å². The number of aryl methyl sites for hydroxylation is 1. The average molecular weight is 239 g/mol. The molecule has 5 nitrogen and oxygen atoms in total. The van der Waals surface area contributed by atoms with Gasteiger partial charge in [-0.1, -0.05) is 0 Å². The van der Waals surface area contributed by atoms with Gasteiger partial charge in [0.15, 0.2) is 0 Å². The minimum atomic E-state index is -1.17. The lowest BCUT2D eigenvalue weighted by Crippen LogP contribution is -2.23. The van der Waals surface area contributed by atoms with Crippen molar-refractivity contribution in [1.82, 2.24) is 4.98 Å². The van der Waals surface area contributed by atoms with Crippen LogP contribution >= 0.6 is 0 Å². The van der Waals surface area contributed by atoms with E-state index in [0.717, 1.165) is 5.56 Å². The van der Waals surface area contributed by atoms with E-state index in [0.29, 0.717) is 5.56 Å². The van der Waals surface area contributed by atoms with Crippen LogP contribution in [-0.2, 0) is 9.53 Å². The number of carbonyl (C=O) groups is 1. The Morgan fingerprint density at radius 3 is 2.82 bits per heavy atom.